The summed E-state index contributed by atoms with van der Waals surface area (Å²) in [7, 11) is 0. The van der Waals surface area contributed by atoms with Crippen molar-refractivity contribution in [1.82, 2.24) is 4.90 Å². The quantitative estimate of drug-likeness (QED) is 0.615. The maximum atomic E-state index is 12.2. The Morgan fingerprint density at radius 1 is 1.40 bits per heavy atom. The molecule has 1 aromatic heterocycles. The van der Waals surface area contributed by atoms with Crippen molar-refractivity contribution < 1.29 is 4.79 Å². The monoisotopic (exact) mass is 293 g/mol. The number of hydrogen-bond acceptors (Lipinski definition) is 2. The van der Waals surface area contributed by atoms with Crippen LogP contribution in [0.1, 0.15) is 57.8 Å². The van der Waals surface area contributed by atoms with Gasteiger partial charge in [0.05, 0.1) is 10.6 Å². The van der Waals surface area contributed by atoms with E-state index in [9.17, 15) is 4.79 Å². The van der Waals surface area contributed by atoms with E-state index in [0.29, 0.717) is 12.3 Å². The highest BCUT2D eigenvalue weighted by Gasteiger charge is 2.20. The molecule has 0 N–H and O–H groups in total. The van der Waals surface area contributed by atoms with Gasteiger partial charge in [-0.1, -0.05) is 52.7 Å². The predicted octanol–water partition coefficient (Wildman–Crippen LogP) is 5.17. The van der Waals surface area contributed by atoms with Crippen LogP contribution in [0, 0.1) is 5.92 Å². The number of amides is 1. The van der Waals surface area contributed by atoms with Crippen molar-refractivity contribution in [3.63, 3.8) is 0 Å². The molecule has 0 spiro atoms. The van der Waals surface area contributed by atoms with Gasteiger partial charge < -0.3 is 4.90 Å². The van der Waals surface area contributed by atoms with E-state index in [1.165, 1.54) is 19.3 Å². The Morgan fingerprint density at radius 3 is 2.65 bits per heavy atom. The normalized spacial score (nSPS) is 12.2. The summed E-state index contributed by atoms with van der Waals surface area (Å²) in [6, 6.07) is 4.05. The molecule has 1 heterocycles. The fraction of sp³-hybridized carbons (Fsp3) is 0.588. The third-order valence-electron chi connectivity index (χ3n) is 3.72. The molecule has 0 fully saturated rings. The van der Waals surface area contributed by atoms with Crippen LogP contribution in [0.3, 0.4) is 0 Å². The molecule has 0 aromatic carbocycles. The largest absolute Gasteiger partial charge is 0.311 e. The summed E-state index contributed by atoms with van der Waals surface area (Å²) in [4.78, 5) is 15.2. The Labute approximate surface area is 127 Å². The van der Waals surface area contributed by atoms with Gasteiger partial charge in [0.25, 0.3) is 0 Å². The minimum atomic E-state index is 0.179. The van der Waals surface area contributed by atoms with Crippen LogP contribution < -0.4 is 0 Å². The maximum Gasteiger partial charge on any atom is 0.226 e. The minimum Gasteiger partial charge on any atom is -0.311 e. The van der Waals surface area contributed by atoms with Gasteiger partial charge >= 0.3 is 0 Å². The van der Waals surface area contributed by atoms with E-state index in [2.05, 4.69) is 20.4 Å². The van der Waals surface area contributed by atoms with E-state index in [4.69, 9.17) is 0 Å². The second-order valence-corrected chi connectivity index (χ2v) is 6.15. The molecule has 0 aliphatic rings. The Hall–Kier alpha value is -1.09. The van der Waals surface area contributed by atoms with Crippen LogP contribution in [0.2, 0.25) is 0 Å². The molecule has 1 rings (SSSR count). The molecular formula is C17H27NOS. The van der Waals surface area contributed by atoms with E-state index in [1.54, 1.807) is 11.3 Å². The summed E-state index contributed by atoms with van der Waals surface area (Å²) >= 11 is 1.65. The van der Waals surface area contributed by atoms with Gasteiger partial charge in [-0.05, 0) is 23.8 Å². The van der Waals surface area contributed by atoms with Crippen LogP contribution in [0.15, 0.2) is 24.1 Å². The summed E-state index contributed by atoms with van der Waals surface area (Å²) in [5.74, 6) is 0.750. The SMILES string of the molecule is C=C(c1cccs1)N(CC(CC)CCCC)C(=O)CC. The molecule has 20 heavy (non-hydrogen) atoms. The lowest BCUT2D eigenvalue weighted by Crippen LogP contribution is -2.33. The van der Waals surface area contributed by atoms with E-state index in [0.717, 1.165) is 23.5 Å². The smallest absolute Gasteiger partial charge is 0.226 e. The van der Waals surface area contributed by atoms with Crippen molar-refractivity contribution >= 4 is 22.9 Å². The van der Waals surface area contributed by atoms with Gasteiger partial charge in [-0.15, -0.1) is 11.3 Å². The lowest BCUT2D eigenvalue weighted by atomic mass is 9.98. The standard InChI is InChI=1S/C17H27NOS/c1-5-8-10-15(6-2)13-18(17(19)7-3)14(4)16-11-9-12-20-16/h9,11-12,15H,4-8,10,13H2,1-3H3. The van der Waals surface area contributed by atoms with Crippen molar-refractivity contribution in [1.29, 1.82) is 0 Å². The summed E-state index contributed by atoms with van der Waals surface area (Å²) in [5.41, 5.74) is 0.863. The Balaban J connectivity index is 2.78. The van der Waals surface area contributed by atoms with Crippen molar-refractivity contribution in [2.75, 3.05) is 6.54 Å². The van der Waals surface area contributed by atoms with Crippen LogP contribution in [0.25, 0.3) is 5.70 Å². The molecule has 1 aromatic rings. The first-order chi connectivity index (χ1) is 9.63. The van der Waals surface area contributed by atoms with Gasteiger partial charge in [0.2, 0.25) is 5.91 Å². The summed E-state index contributed by atoms with van der Waals surface area (Å²) < 4.78 is 0. The summed E-state index contributed by atoms with van der Waals surface area (Å²) in [6.07, 6.45) is 5.29. The van der Waals surface area contributed by atoms with Crippen molar-refractivity contribution in [2.45, 2.75) is 52.9 Å². The average molecular weight is 293 g/mol. The molecule has 1 unspecified atom stereocenters. The molecule has 1 atom stereocenters. The number of nitrogens with zero attached hydrogens (tertiary/aromatic N) is 1. The van der Waals surface area contributed by atoms with E-state index in [-0.39, 0.29) is 5.91 Å². The molecule has 0 bridgehead atoms. The third-order valence-corrected chi connectivity index (χ3v) is 4.64. The minimum absolute atomic E-state index is 0.179. The molecule has 3 heteroatoms. The highest BCUT2D eigenvalue weighted by atomic mass is 32.1. The van der Waals surface area contributed by atoms with Gasteiger partial charge in [-0.2, -0.15) is 0 Å². The molecule has 0 aliphatic carbocycles. The molecule has 0 aliphatic heterocycles. The molecule has 112 valence electrons. The first kappa shape index (κ1) is 17.0. The lowest BCUT2D eigenvalue weighted by molar-refractivity contribution is -0.128. The fourth-order valence-corrected chi connectivity index (χ4v) is 3.01. The number of hydrogen-bond donors (Lipinski definition) is 0. The number of thiophene rings is 1. The predicted molar refractivity (Wildman–Crippen MR) is 88.7 cm³/mol. The summed E-state index contributed by atoms with van der Waals surface area (Å²) in [5, 5.41) is 2.03. The Morgan fingerprint density at radius 2 is 2.15 bits per heavy atom. The van der Waals surface area contributed by atoms with E-state index < -0.39 is 0 Å². The fourth-order valence-electron chi connectivity index (χ4n) is 2.30. The third kappa shape index (κ3) is 4.78. The zero-order valence-electron chi connectivity index (χ0n) is 13.0. The van der Waals surface area contributed by atoms with Gasteiger partial charge in [0.1, 0.15) is 0 Å². The van der Waals surface area contributed by atoms with Crippen LogP contribution in [0.4, 0.5) is 0 Å². The first-order valence-electron chi connectivity index (χ1n) is 7.67. The topological polar surface area (TPSA) is 20.3 Å². The average Bonchev–Trinajstić information content (AvgIpc) is 3.00. The first-order valence-corrected chi connectivity index (χ1v) is 8.55. The van der Waals surface area contributed by atoms with Crippen LogP contribution in [0.5, 0.6) is 0 Å². The number of unbranched alkanes of at least 4 members (excludes halogenated alkanes) is 1. The zero-order valence-corrected chi connectivity index (χ0v) is 13.8. The number of carbonyl (C=O) groups excluding carboxylic acids is 1. The van der Waals surface area contributed by atoms with E-state index in [1.807, 2.05) is 29.3 Å². The second kappa shape index (κ2) is 8.96. The van der Waals surface area contributed by atoms with Crippen LogP contribution in [-0.4, -0.2) is 17.4 Å². The molecule has 0 saturated heterocycles. The highest BCUT2D eigenvalue weighted by Crippen LogP contribution is 2.25. The number of rotatable bonds is 9. The Kier molecular flexibility index (Phi) is 7.60. The molecule has 2 nitrogen and oxygen atoms in total. The molecule has 1 amide bonds. The van der Waals surface area contributed by atoms with Gasteiger partial charge in [0, 0.05) is 13.0 Å². The summed E-state index contributed by atoms with van der Waals surface area (Å²) in [6.45, 7) is 11.3. The van der Waals surface area contributed by atoms with Crippen molar-refractivity contribution in [3.8, 4) is 0 Å². The lowest BCUT2D eigenvalue weighted by Gasteiger charge is -2.28. The van der Waals surface area contributed by atoms with Crippen LogP contribution >= 0.6 is 11.3 Å². The molecule has 0 radical (unpaired) electrons. The Bertz CT molecular complexity index is 411. The van der Waals surface area contributed by atoms with Gasteiger partial charge in [0.15, 0.2) is 0 Å². The van der Waals surface area contributed by atoms with E-state index >= 15 is 0 Å². The maximum absolute atomic E-state index is 12.2. The van der Waals surface area contributed by atoms with Gasteiger partial charge in [-0.25, -0.2) is 0 Å². The highest BCUT2D eigenvalue weighted by molar-refractivity contribution is 7.11. The second-order valence-electron chi connectivity index (χ2n) is 5.20. The van der Waals surface area contributed by atoms with Crippen molar-refractivity contribution in [2.24, 2.45) is 5.92 Å². The zero-order chi connectivity index (χ0) is 15.0. The molecular weight excluding hydrogens is 266 g/mol. The molecule has 0 saturated carbocycles. The van der Waals surface area contributed by atoms with Gasteiger partial charge in [-0.3, -0.25) is 4.79 Å². The van der Waals surface area contributed by atoms with Crippen LogP contribution in [-0.2, 0) is 4.79 Å². The van der Waals surface area contributed by atoms with Crippen molar-refractivity contribution in [3.05, 3.63) is 29.0 Å². The number of carbonyl (C=O) groups is 1.